The summed E-state index contributed by atoms with van der Waals surface area (Å²) in [6.07, 6.45) is 6.68. The summed E-state index contributed by atoms with van der Waals surface area (Å²) in [5.74, 6) is 1.58. The Hall–Kier alpha value is -4.53. The van der Waals surface area contributed by atoms with Crippen molar-refractivity contribution in [3.8, 4) is 17.1 Å². The Kier molecular flexibility index (Phi) is 5.73. The fourth-order valence-corrected chi connectivity index (χ4v) is 3.92. The Morgan fingerprint density at radius 3 is 2.53 bits per heavy atom. The molecule has 0 spiro atoms. The molecule has 170 valence electrons. The lowest BCUT2D eigenvalue weighted by Crippen LogP contribution is -2.31. The zero-order chi connectivity index (χ0) is 23.5. The topological polar surface area (TPSA) is 107 Å². The molecule has 9 heteroatoms. The van der Waals surface area contributed by atoms with Crippen molar-refractivity contribution in [3.63, 3.8) is 0 Å². The number of hydrogen-bond acceptors (Lipinski definition) is 7. The maximum Gasteiger partial charge on any atom is 0.255 e. The number of allylic oxidation sites excluding steroid dienone is 1. The summed E-state index contributed by atoms with van der Waals surface area (Å²) in [6, 6.07) is 14.5. The Morgan fingerprint density at radius 2 is 1.85 bits per heavy atom. The minimum Gasteiger partial charge on any atom is -0.494 e. The van der Waals surface area contributed by atoms with Gasteiger partial charge in [-0.3, -0.25) is 14.8 Å². The van der Waals surface area contributed by atoms with E-state index in [1.807, 2.05) is 50.2 Å². The van der Waals surface area contributed by atoms with Crippen LogP contribution < -0.4 is 15.4 Å². The predicted octanol–water partition coefficient (Wildman–Crippen LogP) is 4.06. The molecular formula is C25H23N7O2. The molecule has 1 unspecified atom stereocenters. The smallest absolute Gasteiger partial charge is 0.255 e. The molecule has 2 N–H and O–H groups in total. The summed E-state index contributed by atoms with van der Waals surface area (Å²) in [6.45, 7) is 4.38. The molecule has 0 saturated heterocycles. The third-order valence-electron chi connectivity index (χ3n) is 5.44. The summed E-state index contributed by atoms with van der Waals surface area (Å²) < 4.78 is 7.34. The number of amides is 1. The number of benzene rings is 1. The second-order valence-electron chi connectivity index (χ2n) is 7.71. The Bertz CT molecular complexity index is 1330. The van der Waals surface area contributed by atoms with E-state index in [9.17, 15) is 4.79 Å². The van der Waals surface area contributed by atoms with Crippen LogP contribution in [0.5, 0.6) is 5.75 Å². The van der Waals surface area contributed by atoms with Gasteiger partial charge < -0.3 is 15.4 Å². The van der Waals surface area contributed by atoms with Gasteiger partial charge in [0.2, 0.25) is 5.95 Å². The third-order valence-corrected chi connectivity index (χ3v) is 5.44. The number of rotatable bonds is 6. The normalized spacial score (nSPS) is 14.8. The average Bonchev–Trinajstić information content (AvgIpc) is 3.29. The van der Waals surface area contributed by atoms with Gasteiger partial charge in [0.15, 0.2) is 5.82 Å². The maximum atomic E-state index is 13.5. The number of anilines is 2. The van der Waals surface area contributed by atoms with Crippen LogP contribution >= 0.6 is 0 Å². The quantitative estimate of drug-likeness (QED) is 0.453. The molecule has 1 amide bonds. The number of aromatic nitrogens is 5. The van der Waals surface area contributed by atoms with Crippen LogP contribution in [0.2, 0.25) is 0 Å². The van der Waals surface area contributed by atoms with E-state index in [-0.39, 0.29) is 5.91 Å². The van der Waals surface area contributed by atoms with Gasteiger partial charge in [-0.15, -0.1) is 5.10 Å². The number of nitrogens with one attached hydrogen (secondary N) is 2. The van der Waals surface area contributed by atoms with Crippen molar-refractivity contribution in [2.45, 2.75) is 19.9 Å². The molecule has 4 aromatic rings. The van der Waals surface area contributed by atoms with Gasteiger partial charge in [-0.05, 0) is 55.8 Å². The number of pyridine rings is 2. The van der Waals surface area contributed by atoms with Crippen LogP contribution in [0.3, 0.4) is 0 Å². The van der Waals surface area contributed by atoms with Gasteiger partial charge in [0, 0.05) is 29.9 Å². The van der Waals surface area contributed by atoms with E-state index in [4.69, 9.17) is 9.84 Å². The summed E-state index contributed by atoms with van der Waals surface area (Å²) in [5.41, 5.74) is 3.50. The molecule has 1 aliphatic heterocycles. The Labute approximate surface area is 196 Å². The molecule has 4 heterocycles. The van der Waals surface area contributed by atoms with Crippen LogP contribution in [0.25, 0.3) is 11.4 Å². The molecule has 0 bridgehead atoms. The number of nitrogens with zero attached hydrogens (tertiary/aromatic N) is 5. The number of fused-ring (bicyclic) bond motifs is 1. The van der Waals surface area contributed by atoms with Gasteiger partial charge in [0.05, 0.1) is 24.1 Å². The molecule has 3 aromatic heterocycles. The van der Waals surface area contributed by atoms with Gasteiger partial charge in [0.1, 0.15) is 11.8 Å². The van der Waals surface area contributed by atoms with E-state index >= 15 is 0 Å². The van der Waals surface area contributed by atoms with Crippen molar-refractivity contribution in [1.82, 2.24) is 24.7 Å². The highest BCUT2D eigenvalue weighted by Crippen LogP contribution is 2.37. The summed E-state index contributed by atoms with van der Waals surface area (Å²) >= 11 is 0. The number of carbonyl (C=O) groups excluding carboxylic acids is 1. The molecule has 1 aromatic carbocycles. The third kappa shape index (κ3) is 4.11. The average molecular weight is 454 g/mol. The number of hydrogen-bond donors (Lipinski definition) is 2. The molecule has 0 saturated carbocycles. The first-order valence-electron chi connectivity index (χ1n) is 10.9. The molecule has 1 atom stereocenters. The zero-order valence-electron chi connectivity index (χ0n) is 18.8. The van der Waals surface area contributed by atoms with Gasteiger partial charge in [0.25, 0.3) is 5.91 Å². The largest absolute Gasteiger partial charge is 0.494 e. The standard InChI is InChI=1S/C25H23N7O2/c1-3-34-20-10-8-17(9-11-20)22-21(24(33)29-19-7-5-13-27-15-19)16(2)28-25-30-23(31-32(22)25)18-6-4-12-26-14-18/h4-15,22H,3H2,1-2H3,(H,29,33)(H,28,30,31). The zero-order valence-corrected chi connectivity index (χ0v) is 18.8. The van der Waals surface area contributed by atoms with Gasteiger partial charge >= 0.3 is 0 Å². The predicted molar refractivity (Wildman–Crippen MR) is 128 cm³/mol. The Balaban J connectivity index is 1.59. The summed E-state index contributed by atoms with van der Waals surface area (Å²) in [7, 11) is 0. The van der Waals surface area contributed by atoms with Gasteiger partial charge in [-0.1, -0.05) is 12.1 Å². The van der Waals surface area contributed by atoms with Crippen LogP contribution in [0.15, 0.2) is 84.6 Å². The molecule has 0 aliphatic carbocycles. The summed E-state index contributed by atoms with van der Waals surface area (Å²) in [4.78, 5) is 26.4. The highest BCUT2D eigenvalue weighted by Gasteiger charge is 2.34. The molecule has 1 aliphatic rings. The lowest BCUT2D eigenvalue weighted by molar-refractivity contribution is -0.113. The molecule has 0 fully saturated rings. The molecule has 9 nitrogen and oxygen atoms in total. The monoisotopic (exact) mass is 453 g/mol. The van der Waals surface area contributed by atoms with Crippen molar-refractivity contribution in [2.75, 3.05) is 17.2 Å². The van der Waals surface area contributed by atoms with E-state index < -0.39 is 6.04 Å². The van der Waals surface area contributed by atoms with E-state index in [0.29, 0.717) is 35.3 Å². The Morgan fingerprint density at radius 1 is 1.09 bits per heavy atom. The van der Waals surface area contributed by atoms with Crippen LogP contribution in [0.1, 0.15) is 25.5 Å². The van der Waals surface area contributed by atoms with Crippen molar-refractivity contribution >= 4 is 17.5 Å². The van der Waals surface area contributed by atoms with Gasteiger partial charge in [-0.2, -0.15) is 4.98 Å². The maximum absolute atomic E-state index is 13.5. The molecular weight excluding hydrogens is 430 g/mol. The highest BCUT2D eigenvalue weighted by molar-refractivity contribution is 6.05. The van der Waals surface area contributed by atoms with Crippen LogP contribution in [0, 0.1) is 0 Å². The second kappa shape index (κ2) is 9.14. The lowest BCUT2D eigenvalue weighted by atomic mass is 9.95. The van der Waals surface area contributed by atoms with E-state index in [2.05, 4.69) is 25.6 Å². The molecule has 0 radical (unpaired) electrons. The SMILES string of the molecule is CCOc1ccc(C2C(C(=O)Nc3cccnc3)=C(C)Nc3nc(-c4cccnc4)nn32)cc1. The minimum absolute atomic E-state index is 0.249. The summed E-state index contributed by atoms with van der Waals surface area (Å²) in [5, 5.41) is 10.9. The second-order valence-corrected chi connectivity index (χ2v) is 7.71. The van der Waals surface area contributed by atoms with Crippen molar-refractivity contribution < 1.29 is 9.53 Å². The lowest BCUT2D eigenvalue weighted by Gasteiger charge is -2.28. The fourth-order valence-electron chi connectivity index (χ4n) is 3.92. The first-order chi connectivity index (χ1) is 16.6. The molecule has 34 heavy (non-hydrogen) atoms. The fraction of sp³-hybridized carbons (Fsp3) is 0.160. The van der Waals surface area contributed by atoms with E-state index in [0.717, 1.165) is 16.9 Å². The van der Waals surface area contributed by atoms with E-state index in [1.54, 1.807) is 41.6 Å². The van der Waals surface area contributed by atoms with Crippen molar-refractivity contribution in [1.29, 1.82) is 0 Å². The van der Waals surface area contributed by atoms with Gasteiger partial charge in [-0.25, -0.2) is 4.68 Å². The first kappa shape index (κ1) is 21.3. The van der Waals surface area contributed by atoms with Crippen LogP contribution in [-0.2, 0) is 4.79 Å². The highest BCUT2D eigenvalue weighted by atomic mass is 16.5. The van der Waals surface area contributed by atoms with Crippen molar-refractivity contribution in [2.24, 2.45) is 0 Å². The number of carbonyl (C=O) groups is 1. The van der Waals surface area contributed by atoms with Crippen LogP contribution in [0.4, 0.5) is 11.6 Å². The van der Waals surface area contributed by atoms with Crippen LogP contribution in [-0.4, -0.2) is 37.2 Å². The van der Waals surface area contributed by atoms with E-state index in [1.165, 1.54) is 0 Å². The van der Waals surface area contributed by atoms with Crippen molar-refractivity contribution in [3.05, 3.63) is 90.2 Å². The molecule has 5 rings (SSSR count). The number of ether oxygens (including phenoxy) is 1. The first-order valence-corrected chi connectivity index (χ1v) is 10.9. The minimum atomic E-state index is -0.499.